The molecule has 2 heterocycles. The van der Waals surface area contributed by atoms with Crippen LogP contribution >= 0.6 is 23.2 Å². The summed E-state index contributed by atoms with van der Waals surface area (Å²) in [6.07, 6.45) is -5.37. The molecule has 1 unspecified atom stereocenters. The molecular weight excluding hydrogens is 480 g/mol. The molecule has 5 rings (SSSR count). The molecule has 2 aliphatic heterocycles. The molecule has 0 spiro atoms. The molecule has 3 aromatic rings. The number of carbonyl (C=O) groups is 1. The van der Waals surface area contributed by atoms with Crippen LogP contribution in [0.25, 0.3) is 10.8 Å². The number of hydrogen-bond donors (Lipinski definition) is 0. The van der Waals surface area contributed by atoms with E-state index in [0.29, 0.717) is 21.9 Å². The first-order valence-corrected chi connectivity index (χ1v) is 10.5. The van der Waals surface area contributed by atoms with Gasteiger partial charge in [-0.25, -0.2) is 9.79 Å². The van der Waals surface area contributed by atoms with Gasteiger partial charge in [0, 0.05) is 33.2 Å². The number of halogens is 5. The van der Waals surface area contributed by atoms with Gasteiger partial charge in [0.25, 0.3) is 5.60 Å². The standard InChI is InChI=1S/C23H13Cl2F3N2O3/c24-13-7-12(8-14(25)9-13)22(23(26,27)28)10-19(30-33-22)17-5-6-18(21-29-11-20(31)32-21)16-4-2-1-3-15(16)17/h1-9H,10-11H2. The van der Waals surface area contributed by atoms with E-state index in [2.05, 4.69) is 10.1 Å². The minimum absolute atomic E-state index is 0.0554. The van der Waals surface area contributed by atoms with Crippen molar-refractivity contribution in [3.8, 4) is 0 Å². The zero-order valence-electron chi connectivity index (χ0n) is 16.6. The Bertz CT molecular complexity index is 1350. The molecule has 0 saturated heterocycles. The van der Waals surface area contributed by atoms with Crippen LogP contribution < -0.4 is 0 Å². The number of cyclic esters (lactones) is 1. The Morgan fingerprint density at radius 1 is 0.939 bits per heavy atom. The van der Waals surface area contributed by atoms with E-state index in [1.807, 2.05) is 0 Å². The third-order valence-electron chi connectivity index (χ3n) is 5.54. The number of carbonyl (C=O) groups excluding carboxylic acids is 1. The second kappa shape index (κ2) is 7.74. The quantitative estimate of drug-likeness (QED) is 0.419. The van der Waals surface area contributed by atoms with Crippen LogP contribution in [0.3, 0.4) is 0 Å². The highest BCUT2D eigenvalue weighted by Gasteiger charge is 2.62. The molecule has 0 fully saturated rings. The maximum Gasteiger partial charge on any atom is 0.435 e. The fraction of sp³-hybridized carbons (Fsp3) is 0.174. The van der Waals surface area contributed by atoms with Crippen LogP contribution in [-0.4, -0.2) is 30.3 Å². The number of aliphatic imine (C=N–C) groups is 1. The summed E-state index contributed by atoms with van der Waals surface area (Å²) in [7, 11) is 0. The summed E-state index contributed by atoms with van der Waals surface area (Å²) in [5.74, 6) is -0.299. The van der Waals surface area contributed by atoms with Gasteiger partial charge < -0.3 is 9.57 Å². The van der Waals surface area contributed by atoms with Gasteiger partial charge in [-0.15, -0.1) is 0 Å². The number of oxime groups is 1. The van der Waals surface area contributed by atoms with E-state index in [9.17, 15) is 18.0 Å². The highest BCUT2D eigenvalue weighted by Crippen LogP contribution is 2.50. The lowest BCUT2D eigenvalue weighted by atomic mass is 9.85. The molecule has 0 bridgehead atoms. The van der Waals surface area contributed by atoms with Gasteiger partial charge in [0.1, 0.15) is 6.54 Å². The molecule has 3 aromatic carbocycles. The molecule has 0 N–H and O–H groups in total. The molecule has 0 aromatic heterocycles. The zero-order valence-corrected chi connectivity index (χ0v) is 18.1. The van der Waals surface area contributed by atoms with Crippen LogP contribution in [0, 0.1) is 0 Å². The highest BCUT2D eigenvalue weighted by molar-refractivity contribution is 6.34. The van der Waals surface area contributed by atoms with Crippen molar-refractivity contribution in [2.24, 2.45) is 10.1 Å². The Labute approximate surface area is 195 Å². The Morgan fingerprint density at radius 3 is 2.18 bits per heavy atom. The third kappa shape index (κ3) is 3.63. The minimum atomic E-state index is -4.80. The van der Waals surface area contributed by atoms with Gasteiger partial charge in [0.15, 0.2) is 0 Å². The van der Waals surface area contributed by atoms with Crippen molar-refractivity contribution in [1.29, 1.82) is 0 Å². The average Bonchev–Trinajstić information content (AvgIpc) is 3.39. The molecule has 2 aliphatic rings. The fourth-order valence-electron chi connectivity index (χ4n) is 4.02. The van der Waals surface area contributed by atoms with Crippen LogP contribution in [0.4, 0.5) is 13.2 Å². The van der Waals surface area contributed by atoms with Crippen molar-refractivity contribution in [1.82, 2.24) is 0 Å². The van der Waals surface area contributed by atoms with Gasteiger partial charge in [-0.05, 0) is 35.0 Å². The fourth-order valence-corrected chi connectivity index (χ4v) is 4.55. The largest absolute Gasteiger partial charge is 0.435 e. The molecule has 5 nitrogen and oxygen atoms in total. The lowest BCUT2D eigenvalue weighted by molar-refractivity contribution is -0.275. The van der Waals surface area contributed by atoms with Crippen molar-refractivity contribution in [2.45, 2.75) is 18.2 Å². The monoisotopic (exact) mass is 492 g/mol. The van der Waals surface area contributed by atoms with Crippen molar-refractivity contribution in [2.75, 3.05) is 6.54 Å². The molecule has 168 valence electrons. The SMILES string of the molecule is O=C1CN=C(c2ccc(C3=NOC(c4cc(Cl)cc(Cl)c4)(C(F)(F)F)C3)c3ccccc23)O1. The molecular formula is C23H13Cl2F3N2O3. The second-order valence-electron chi connectivity index (χ2n) is 7.59. The third-order valence-corrected chi connectivity index (χ3v) is 5.98. The maximum absolute atomic E-state index is 14.3. The predicted octanol–water partition coefficient (Wildman–Crippen LogP) is 6.03. The number of fused-ring (bicyclic) bond motifs is 1. The van der Waals surface area contributed by atoms with Crippen molar-refractivity contribution in [3.05, 3.63) is 81.3 Å². The first-order valence-electron chi connectivity index (χ1n) is 9.74. The Kier molecular flexibility index (Phi) is 5.10. The van der Waals surface area contributed by atoms with E-state index in [0.717, 1.165) is 0 Å². The number of alkyl halides is 3. The number of esters is 1. The number of benzene rings is 3. The molecule has 1 atom stereocenters. The summed E-state index contributed by atoms with van der Waals surface area (Å²) in [4.78, 5) is 20.7. The van der Waals surface area contributed by atoms with Crippen LogP contribution in [-0.2, 0) is 20.0 Å². The van der Waals surface area contributed by atoms with Gasteiger partial charge in [-0.1, -0.05) is 58.7 Å². The van der Waals surface area contributed by atoms with Crippen LogP contribution in [0.15, 0.2) is 64.7 Å². The van der Waals surface area contributed by atoms with Crippen LogP contribution in [0.5, 0.6) is 0 Å². The smallest absolute Gasteiger partial charge is 0.406 e. The van der Waals surface area contributed by atoms with E-state index in [1.165, 1.54) is 18.2 Å². The first kappa shape index (κ1) is 21.7. The lowest BCUT2D eigenvalue weighted by Crippen LogP contribution is -2.42. The minimum Gasteiger partial charge on any atom is -0.406 e. The van der Waals surface area contributed by atoms with Crippen LogP contribution in [0.2, 0.25) is 10.0 Å². The summed E-state index contributed by atoms with van der Waals surface area (Å²) in [6.45, 7) is -0.0811. The Hall–Kier alpha value is -3.10. The molecule has 0 saturated carbocycles. The second-order valence-corrected chi connectivity index (χ2v) is 8.46. The van der Waals surface area contributed by atoms with Gasteiger partial charge in [0.2, 0.25) is 5.90 Å². The molecule has 33 heavy (non-hydrogen) atoms. The molecule has 10 heteroatoms. The lowest BCUT2D eigenvalue weighted by Gasteiger charge is -2.29. The molecule has 0 amide bonds. The topological polar surface area (TPSA) is 60.2 Å². The van der Waals surface area contributed by atoms with E-state index < -0.39 is 24.2 Å². The van der Waals surface area contributed by atoms with Crippen molar-refractivity contribution >= 4 is 51.6 Å². The van der Waals surface area contributed by atoms with Gasteiger partial charge >= 0.3 is 12.1 Å². The van der Waals surface area contributed by atoms with Gasteiger partial charge in [-0.3, -0.25) is 0 Å². The number of rotatable bonds is 3. The normalized spacial score (nSPS) is 20.5. The van der Waals surface area contributed by atoms with E-state index in [1.54, 1.807) is 36.4 Å². The first-order chi connectivity index (χ1) is 15.7. The van der Waals surface area contributed by atoms with Crippen molar-refractivity contribution in [3.63, 3.8) is 0 Å². The molecule has 0 aliphatic carbocycles. The summed E-state index contributed by atoms with van der Waals surface area (Å²) >= 11 is 11.9. The summed E-state index contributed by atoms with van der Waals surface area (Å²) in [5, 5.41) is 5.23. The zero-order chi connectivity index (χ0) is 23.4. The van der Waals surface area contributed by atoms with Crippen molar-refractivity contribution < 1.29 is 27.5 Å². The predicted molar refractivity (Wildman–Crippen MR) is 118 cm³/mol. The van der Waals surface area contributed by atoms with E-state index >= 15 is 0 Å². The highest BCUT2D eigenvalue weighted by atomic mass is 35.5. The Morgan fingerprint density at radius 2 is 1.58 bits per heavy atom. The summed E-state index contributed by atoms with van der Waals surface area (Å²) < 4.78 is 48.1. The van der Waals surface area contributed by atoms with Gasteiger partial charge in [-0.2, -0.15) is 13.2 Å². The molecule has 0 radical (unpaired) electrons. The number of ether oxygens (including phenoxy) is 1. The average molecular weight is 493 g/mol. The maximum atomic E-state index is 14.3. The van der Waals surface area contributed by atoms with Crippen LogP contribution in [0.1, 0.15) is 23.1 Å². The number of nitrogens with zero attached hydrogens (tertiary/aromatic N) is 2. The van der Waals surface area contributed by atoms with Gasteiger partial charge in [0.05, 0.1) is 5.71 Å². The van der Waals surface area contributed by atoms with E-state index in [4.69, 9.17) is 32.8 Å². The summed E-state index contributed by atoms with van der Waals surface area (Å²) in [5.41, 5.74) is -1.85. The number of hydrogen-bond acceptors (Lipinski definition) is 5. The Balaban J connectivity index is 1.60. The van der Waals surface area contributed by atoms with E-state index in [-0.39, 0.29) is 33.8 Å². The summed E-state index contributed by atoms with van der Waals surface area (Å²) in [6, 6.07) is 14.0.